The van der Waals surface area contributed by atoms with E-state index in [0.717, 1.165) is 31.7 Å². The molecular formula is C12H18N2O3. The Labute approximate surface area is 101 Å². The number of aromatic nitrogens is 1. The monoisotopic (exact) mass is 238 g/mol. The molecule has 0 unspecified atom stereocenters. The number of carbonyl (C=O) groups is 1. The quantitative estimate of drug-likeness (QED) is 0.876. The maximum Gasteiger partial charge on any atom is 0.231 e. The lowest BCUT2D eigenvalue weighted by Crippen LogP contribution is -2.17. The van der Waals surface area contributed by atoms with Crippen LogP contribution in [0.3, 0.4) is 0 Å². The van der Waals surface area contributed by atoms with Crippen LogP contribution < -0.4 is 5.32 Å². The van der Waals surface area contributed by atoms with Crippen molar-refractivity contribution >= 4 is 11.8 Å². The summed E-state index contributed by atoms with van der Waals surface area (Å²) in [5.74, 6) is 0.703. The molecule has 1 fully saturated rings. The van der Waals surface area contributed by atoms with E-state index in [9.17, 15) is 4.79 Å². The first kappa shape index (κ1) is 12.1. The second-order valence-corrected chi connectivity index (χ2v) is 4.65. The number of hydrogen-bond acceptors (Lipinski definition) is 4. The van der Waals surface area contributed by atoms with Gasteiger partial charge in [0.05, 0.1) is 5.69 Å². The van der Waals surface area contributed by atoms with Gasteiger partial charge in [-0.2, -0.15) is 0 Å². The molecule has 1 aliphatic heterocycles. The van der Waals surface area contributed by atoms with E-state index in [1.54, 1.807) is 0 Å². The van der Waals surface area contributed by atoms with Gasteiger partial charge in [-0.05, 0) is 12.8 Å². The predicted octanol–water partition coefficient (Wildman–Crippen LogP) is 2.16. The van der Waals surface area contributed by atoms with Gasteiger partial charge in [-0.3, -0.25) is 10.1 Å². The van der Waals surface area contributed by atoms with E-state index in [2.05, 4.69) is 10.5 Å². The largest absolute Gasteiger partial charge is 0.381 e. The fraction of sp³-hybridized carbons (Fsp3) is 0.667. The second-order valence-electron chi connectivity index (χ2n) is 4.65. The van der Waals surface area contributed by atoms with Gasteiger partial charge < -0.3 is 9.26 Å². The summed E-state index contributed by atoms with van der Waals surface area (Å²) in [4.78, 5) is 11.5. The topological polar surface area (TPSA) is 64.4 Å². The van der Waals surface area contributed by atoms with Crippen molar-refractivity contribution in [2.45, 2.75) is 32.6 Å². The highest BCUT2D eigenvalue weighted by Crippen LogP contribution is 2.27. The first-order valence-electron chi connectivity index (χ1n) is 6.02. The van der Waals surface area contributed by atoms with Crippen LogP contribution in [0.15, 0.2) is 10.6 Å². The Kier molecular flexibility index (Phi) is 3.78. The summed E-state index contributed by atoms with van der Waals surface area (Å²) in [6.07, 6.45) is 1.92. The molecule has 1 aliphatic rings. The Balaban J connectivity index is 1.97. The molecule has 2 rings (SSSR count). The summed E-state index contributed by atoms with van der Waals surface area (Å²) in [5.41, 5.74) is 0.910. The van der Waals surface area contributed by atoms with E-state index in [1.165, 1.54) is 0 Å². The molecule has 1 aromatic rings. The molecule has 0 aromatic carbocycles. The standard InChI is InChI=1S/C12H18N2O3/c1-8(2)12(15)13-11-7-10(14-17-11)9-3-5-16-6-4-9/h7-9H,3-6H2,1-2H3,(H,13,15). The fourth-order valence-electron chi connectivity index (χ4n) is 1.80. The third kappa shape index (κ3) is 3.06. The molecule has 5 nitrogen and oxygen atoms in total. The summed E-state index contributed by atoms with van der Waals surface area (Å²) in [5, 5.41) is 6.71. The first-order chi connectivity index (χ1) is 8.16. The Morgan fingerprint density at radius 3 is 2.82 bits per heavy atom. The van der Waals surface area contributed by atoms with Crippen molar-refractivity contribution in [3.8, 4) is 0 Å². The molecule has 0 spiro atoms. The van der Waals surface area contributed by atoms with Crippen molar-refractivity contribution in [2.75, 3.05) is 18.5 Å². The number of carbonyl (C=O) groups excluding carboxylic acids is 1. The highest BCUT2D eigenvalue weighted by Gasteiger charge is 2.20. The van der Waals surface area contributed by atoms with E-state index in [-0.39, 0.29) is 11.8 Å². The maximum absolute atomic E-state index is 11.5. The lowest BCUT2D eigenvalue weighted by molar-refractivity contribution is -0.119. The van der Waals surface area contributed by atoms with Gasteiger partial charge in [-0.25, -0.2) is 0 Å². The highest BCUT2D eigenvalue weighted by atomic mass is 16.5. The average Bonchev–Trinajstić information content (AvgIpc) is 2.78. The average molecular weight is 238 g/mol. The molecule has 0 atom stereocenters. The zero-order valence-electron chi connectivity index (χ0n) is 10.2. The van der Waals surface area contributed by atoms with Crippen LogP contribution in [0.25, 0.3) is 0 Å². The molecular weight excluding hydrogens is 220 g/mol. The van der Waals surface area contributed by atoms with Gasteiger partial charge in [0, 0.05) is 31.1 Å². The van der Waals surface area contributed by atoms with Crippen LogP contribution >= 0.6 is 0 Å². The molecule has 2 heterocycles. The Morgan fingerprint density at radius 1 is 1.47 bits per heavy atom. The summed E-state index contributed by atoms with van der Waals surface area (Å²) >= 11 is 0. The summed E-state index contributed by atoms with van der Waals surface area (Å²) < 4.78 is 10.4. The number of nitrogens with zero attached hydrogens (tertiary/aromatic N) is 1. The van der Waals surface area contributed by atoms with Gasteiger partial charge in [0.25, 0.3) is 0 Å². The molecule has 0 aliphatic carbocycles. The number of amides is 1. The van der Waals surface area contributed by atoms with Crippen molar-refractivity contribution < 1.29 is 14.1 Å². The summed E-state index contributed by atoms with van der Waals surface area (Å²) in [6, 6.07) is 1.82. The second kappa shape index (κ2) is 5.31. The SMILES string of the molecule is CC(C)C(=O)Nc1cc(C2CCOCC2)no1. The van der Waals surface area contributed by atoms with Gasteiger partial charge in [-0.15, -0.1) is 0 Å². The van der Waals surface area contributed by atoms with E-state index in [4.69, 9.17) is 9.26 Å². The van der Waals surface area contributed by atoms with E-state index in [1.807, 2.05) is 19.9 Å². The molecule has 5 heteroatoms. The maximum atomic E-state index is 11.5. The van der Waals surface area contributed by atoms with Crippen LogP contribution in [-0.4, -0.2) is 24.3 Å². The minimum atomic E-state index is -0.0633. The van der Waals surface area contributed by atoms with E-state index in [0.29, 0.717) is 11.8 Å². The van der Waals surface area contributed by atoms with Crippen molar-refractivity contribution in [1.82, 2.24) is 5.16 Å². The number of hydrogen-bond donors (Lipinski definition) is 1. The van der Waals surface area contributed by atoms with Gasteiger partial charge in [0.1, 0.15) is 0 Å². The van der Waals surface area contributed by atoms with Crippen molar-refractivity contribution in [2.24, 2.45) is 5.92 Å². The minimum absolute atomic E-state index is 0.0559. The summed E-state index contributed by atoms with van der Waals surface area (Å²) in [6.45, 7) is 5.21. The molecule has 17 heavy (non-hydrogen) atoms. The van der Waals surface area contributed by atoms with Crippen LogP contribution in [0.5, 0.6) is 0 Å². The Morgan fingerprint density at radius 2 is 2.18 bits per heavy atom. The minimum Gasteiger partial charge on any atom is -0.381 e. The smallest absolute Gasteiger partial charge is 0.231 e. The van der Waals surface area contributed by atoms with Gasteiger partial charge in [0.15, 0.2) is 0 Å². The van der Waals surface area contributed by atoms with Gasteiger partial charge in [-0.1, -0.05) is 19.0 Å². The summed E-state index contributed by atoms with van der Waals surface area (Å²) in [7, 11) is 0. The zero-order valence-corrected chi connectivity index (χ0v) is 10.2. The van der Waals surface area contributed by atoms with Crippen LogP contribution in [0.2, 0.25) is 0 Å². The molecule has 1 saturated heterocycles. The molecule has 0 radical (unpaired) electrons. The van der Waals surface area contributed by atoms with Crippen LogP contribution in [0, 0.1) is 5.92 Å². The number of rotatable bonds is 3. The van der Waals surface area contributed by atoms with Crippen molar-refractivity contribution in [1.29, 1.82) is 0 Å². The third-order valence-electron chi connectivity index (χ3n) is 2.94. The van der Waals surface area contributed by atoms with E-state index >= 15 is 0 Å². The zero-order chi connectivity index (χ0) is 12.3. The molecule has 0 saturated carbocycles. The highest BCUT2D eigenvalue weighted by molar-refractivity contribution is 5.90. The molecule has 1 N–H and O–H groups in total. The Bertz CT molecular complexity index is 381. The fourth-order valence-corrected chi connectivity index (χ4v) is 1.80. The Hall–Kier alpha value is -1.36. The van der Waals surface area contributed by atoms with Crippen LogP contribution in [-0.2, 0) is 9.53 Å². The lowest BCUT2D eigenvalue weighted by atomic mass is 9.97. The first-order valence-corrected chi connectivity index (χ1v) is 6.02. The van der Waals surface area contributed by atoms with Crippen molar-refractivity contribution in [3.63, 3.8) is 0 Å². The molecule has 94 valence electrons. The van der Waals surface area contributed by atoms with Crippen LogP contribution in [0.4, 0.5) is 5.88 Å². The molecule has 1 aromatic heterocycles. The lowest BCUT2D eigenvalue weighted by Gasteiger charge is -2.19. The van der Waals surface area contributed by atoms with E-state index < -0.39 is 0 Å². The number of anilines is 1. The number of ether oxygens (including phenoxy) is 1. The molecule has 0 bridgehead atoms. The van der Waals surface area contributed by atoms with Gasteiger partial charge >= 0.3 is 0 Å². The van der Waals surface area contributed by atoms with Gasteiger partial charge in [0.2, 0.25) is 11.8 Å². The normalized spacial score (nSPS) is 17.4. The molecule has 1 amide bonds. The van der Waals surface area contributed by atoms with Crippen LogP contribution in [0.1, 0.15) is 38.3 Å². The third-order valence-corrected chi connectivity index (χ3v) is 2.94. The number of nitrogens with one attached hydrogen (secondary N) is 1. The predicted molar refractivity (Wildman–Crippen MR) is 62.8 cm³/mol. The van der Waals surface area contributed by atoms with Crippen molar-refractivity contribution in [3.05, 3.63) is 11.8 Å².